The number of furan rings is 1. The van der Waals surface area contributed by atoms with Gasteiger partial charge in [0, 0.05) is 13.0 Å². The van der Waals surface area contributed by atoms with Gasteiger partial charge in [0.25, 0.3) is 0 Å². The van der Waals surface area contributed by atoms with Crippen molar-refractivity contribution in [3.8, 4) is 0 Å². The van der Waals surface area contributed by atoms with Gasteiger partial charge in [0.1, 0.15) is 5.52 Å². The standard InChI is InChI=1S/C16H17N3O2/c1-3-11-16(21-4-2,15-10-7-12-20-15)19-14-9-6-5-8-13(14)17-18-19/h3,5-10,12H,1,4,11H2,2H3. The molecule has 0 spiro atoms. The quantitative estimate of drug-likeness (QED) is 0.651. The van der Waals surface area contributed by atoms with E-state index in [4.69, 9.17) is 9.15 Å². The van der Waals surface area contributed by atoms with Crippen molar-refractivity contribution in [2.45, 2.75) is 19.1 Å². The Bertz CT molecular complexity index is 733. The number of hydrogen-bond donors (Lipinski definition) is 0. The molecule has 1 aromatic carbocycles. The largest absolute Gasteiger partial charge is 0.464 e. The first kappa shape index (κ1) is 13.6. The van der Waals surface area contributed by atoms with Crippen LogP contribution < -0.4 is 0 Å². The molecule has 2 heterocycles. The Morgan fingerprint density at radius 1 is 1.33 bits per heavy atom. The summed E-state index contributed by atoms with van der Waals surface area (Å²) in [5.41, 5.74) is 0.845. The first-order valence-electron chi connectivity index (χ1n) is 6.91. The van der Waals surface area contributed by atoms with Gasteiger partial charge in [-0.1, -0.05) is 23.4 Å². The molecular weight excluding hydrogens is 266 g/mol. The topological polar surface area (TPSA) is 53.1 Å². The monoisotopic (exact) mass is 283 g/mol. The molecule has 0 saturated heterocycles. The fourth-order valence-corrected chi connectivity index (χ4v) is 2.55. The Hall–Kier alpha value is -2.40. The van der Waals surface area contributed by atoms with Crippen molar-refractivity contribution in [2.24, 2.45) is 0 Å². The van der Waals surface area contributed by atoms with Gasteiger partial charge in [0.05, 0.1) is 11.8 Å². The summed E-state index contributed by atoms with van der Waals surface area (Å²) in [5.74, 6) is 0.680. The second-order valence-corrected chi connectivity index (χ2v) is 4.68. The van der Waals surface area contributed by atoms with Crippen molar-refractivity contribution >= 4 is 11.0 Å². The van der Waals surface area contributed by atoms with Gasteiger partial charge in [-0.3, -0.25) is 0 Å². The Balaban J connectivity index is 2.25. The summed E-state index contributed by atoms with van der Waals surface area (Å²) in [4.78, 5) is 0. The number of aromatic nitrogens is 3. The average Bonchev–Trinajstić information content (AvgIpc) is 3.17. The second kappa shape index (κ2) is 5.54. The van der Waals surface area contributed by atoms with Gasteiger partial charge in [-0.05, 0) is 31.2 Å². The zero-order valence-corrected chi connectivity index (χ0v) is 11.9. The fraction of sp³-hybridized carbons (Fsp3) is 0.250. The molecule has 0 radical (unpaired) electrons. The molecule has 2 aromatic heterocycles. The number of benzene rings is 1. The third-order valence-corrected chi connectivity index (χ3v) is 3.40. The molecule has 1 unspecified atom stereocenters. The van der Waals surface area contributed by atoms with Crippen molar-refractivity contribution in [3.05, 3.63) is 61.1 Å². The van der Waals surface area contributed by atoms with Crippen LogP contribution in [0.25, 0.3) is 11.0 Å². The summed E-state index contributed by atoms with van der Waals surface area (Å²) in [6.45, 7) is 6.31. The Morgan fingerprint density at radius 2 is 2.19 bits per heavy atom. The van der Waals surface area contributed by atoms with Crippen LogP contribution in [0.1, 0.15) is 19.1 Å². The maximum Gasteiger partial charge on any atom is 0.225 e. The molecule has 0 amide bonds. The number of hydrogen-bond acceptors (Lipinski definition) is 4. The van der Waals surface area contributed by atoms with Crippen LogP contribution in [0.15, 0.2) is 59.7 Å². The van der Waals surface area contributed by atoms with Crippen LogP contribution in [0, 0.1) is 0 Å². The molecule has 3 rings (SSSR count). The highest BCUT2D eigenvalue weighted by Crippen LogP contribution is 2.34. The lowest BCUT2D eigenvalue weighted by Crippen LogP contribution is -2.38. The smallest absolute Gasteiger partial charge is 0.225 e. The van der Waals surface area contributed by atoms with Gasteiger partial charge in [-0.25, -0.2) is 4.68 Å². The number of ether oxygens (including phenoxy) is 1. The highest BCUT2D eigenvalue weighted by Gasteiger charge is 2.39. The summed E-state index contributed by atoms with van der Waals surface area (Å²) in [6.07, 6.45) is 3.96. The van der Waals surface area contributed by atoms with E-state index in [0.717, 1.165) is 11.0 Å². The van der Waals surface area contributed by atoms with Gasteiger partial charge < -0.3 is 9.15 Å². The van der Waals surface area contributed by atoms with E-state index in [0.29, 0.717) is 18.8 Å². The summed E-state index contributed by atoms with van der Waals surface area (Å²) in [6, 6.07) is 11.5. The SMILES string of the molecule is C=CCC(OCC)(c1ccco1)n1nnc2ccccc21. The Morgan fingerprint density at radius 3 is 2.90 bits per heavy atom. The molecule has 0 N–H and O–H groups in total. The number of fused-ring (bicyclic) bond motifs is 1. The van der Waals surface area contributed by atoms with Gasteiger partial charge in [0.2, 0.25) is 5.72 Å². The van der Waals surface area contributed by atoms with Crippen LogP contribution in [-0.4, -0.2) is 21.6 Å². The molecule has 0 aliphatic heterocycles. The van der Waals surface area contributed by atoms with Gasteiger partial charge in [-0.2, -0.15) is 0 Å². The molecular formula is C16H17N3O2. The van der Waals surface area contributed by atoms with Crippen LogP contribution in [0.5, 0.6) is 0 Å². The lowest BCUT2D eigenvalue weighted by atomic mass is 10.1. The molecule has 108 valence electrons. The summed E-state index contributed by atoms with van der Waals surface area (Å²) in [7, 11) is 0. The van der Waals surface area contributed by atoms with Crippen molar-refractivity contribution in [3.63, 3.8) is 0 Å². The Labute approximate surface area is 122 Å². The molecule has 0 aliphatic carbocycles. The van der Waals surface area contributed by atoms with E-state index in [2.05, 4.69) is 16.9 Å². The number of nitrogens with zero attached hydrogens (tertiary/aromatic N) is 3. The van der Waals surface area contributed by atoms with Crippen molar-refractivity contribution in [1.29, 1.82) is 0 Å². The van der Waals surface area contributed by atoms with E-state index in [1.807, 2.05) is 43.3 Å². The molecule has 0 saturated carbocycles. The molecule has 0 aliphatic rings. The minimum Gasteiger partial charge on any atom is -0.464 e. The van der Waals surface area contributed by atoms with Crippen LogP contribution >= 0.6 is 0 Å². The summed E-state index contributed by atoms with van der Waals surface area (Å²) in [5, 5.41) is 8.51. The lowest BCUT2D eigenvalue weighted by Gasteiger charge is -2.31. The van der Waals surface area contributed by atoms with Crippen LogP contribution in [0.2, 0.25) is 0 Å². The first-order valence-corrected chi connectivity index (χ1v) is 6.91. The Kier molecular flexibility index (Phi) is 3.58. The van der Waals surface area contributed by atoms with E-state index in [1.165, 1.54) is 0 Å². The van der Waals surface area contributed by atoms with E-state index in [-0.39, 0.29) is 0 Å². The van der Waals surface area contributed by atoms with E-state index < -0.39 is 5.72 Å². The highest BCUT2D eigenvalue weighted by molar-refractivity contribution is 5.74. The molecule has 21 heavy (non-hydrogen) atoms. The number of rotatable bonds is 6. The molecule has 5 nitrogen and oxygen atoms in total. The van der Waals surface area contributed by atoms with Crippen molar-refractivity contribution in [1.82, 2.24) is 15.0 Å². The van der Waals surface area contributed by atoms with Crippen LogP contribution in [0.4, 0.5) is 0 Å². The lowest BCUT2D eigenvalue weighted by molar-refractivity contribution is -0.0869. The summed E-state index contributed by atoms with van der Waals surface area (Å²) >= 11 is 0. The molecule has 0 bridgehead atoms. The van der Waals surface area contributed by atoms with Gasteiger partial charge in [-0.15, -0.1) is 11.7 Å². The van der Waals surface area contributed by atoms with E-state index in [1.54, 1.807) is 17.0 Å². The molecule has 1 atom stereocenters. The maximum absolute atomic E-state index is 6.06. The van der Waals surface area contributed by atoms with E-state index >= 15 is 0 Å². The first-order chi connectivity index (χ1) is 10.3. The average molecular weight is 283 g/mol. The normalized spacial score (nSPS) is 14.1. The summed E-state index contributed by atoms with van der Waals surface area (Å²) < 4.78 is 13.4. The number of para-hydroxylation sites is 1. The van der Waals surface area contributed by atoms with Gasteiger partial charge in [0.15, 0.2) is 5.76 Å². The molecule has 3 aromatic rings. The van der Waals surface area contributed by atoms with Crippen molar-refractivity contribution in [2.75, 3.05) is 6.61 Å². The minimum atomic E-state index is -0.865. The highest BCUT2D eigenvalue weighted by atomic mass is 16.5. The van der Waals surface area contributed by atoms with Crippen LogP contribution in [0.3, 0.4) is 0 Å². The van der Waals surface area contributed by atoms with E-state index in [9.17, 15) is 0 Å². The predicted octanol–water partition coefficient (Wildman–Crippen LogP) is 3.34. The van der Waals surface area contributed by atoms with Crippen LogP contribution in [-0.2, 0) is 10.5 Å². The van der Waals surface area contributed by atoms with Crippen molar-refractivity contribution < 1.29 is 9.15 Å². The fourth-order valence-electron chi connectivity index (χ4n) is 2.55. The minimum absolute atomic E-state index is 0.517. The zero-order chi connectivity index (χ0) is 14.7. The zero-order valence-electron chi connectivity index (χ0n) is 11.9. The predicted molar refractivity (Wildman–Crippen MR) is 79.8 cm³/mol. The second-order valence-electron chi connectivity index (χ2n) is 4.68. The van der Waals surface area contributed by atoms with Gasteiger partial charge >= 0.3 is 0 Å². The maximum atomic E-state index is 6.06. The third kappa shape index (κ3) is 2.15. The molecule has 5 heteroatoms. The molecule has 0 fully saturated rings. The third-order valence-electron chi connectivity index (χ3n) is 3.40.